The summed E-state index contributed by atoms with van der Waals surface area (Å²) in [5.41, 5.74) is 3.53. The molecule has 1 aromatic carbocycles. The minimum atomic E-state index is -0.164. The summed E-state index contributed by atoms with van der Waals surface area (Å²) in [5, 5.41) is 0. The fourth-order valence-corrected chi connectivity index (χ4v) is 2.97. The average Bonchev–Trinajstić information content (AvgIpc) is 2.41. The SMILES string of the molecule is CCC(CC)(C(Cc1ccccc1F)NN)N(C)C. The highest BCUT2D eigenvalue weighted by Crippen LogP contribution is 2.28. The summed E-state index contributed by atoms with van der Waals surface area (Å²) in [4.78, 5) is 2.19. The fourth-order valence-electron chi connectivity index (χ4n) is 2.97. The monoisotopic (exact) mass is 267 g/mol. The molecule has 0 aromatic heterocycles. The van der Waals surface area contributed by atoms with Crippen LogP contribution in [0.25, 0.3) is 0 Å². The van der Waals surface area contributed by atoms with Gasteiger partial charge in [0.1, 0.15) is 5.82 Å². The van der Waals surface area contributed by atoms with Gasteiger partial charge >= 0.3 is 0 Å². The zero-order chi connectivity index (χ0) is 14.5. The highest BCUT2D eigenvalue weighted by molar-refractivity contribution is 5.20. The van der Waals surface area contributed by atoms with Crippen molar-refractivity contribution < 1.29 is 4.39 Å². The van der Waals surface area contributed by atoms with E-state index in [1.807, 2.05) is 12.1 Å². The molecule has 0 aliphatic rings. The van der Waals surface area contributed by atoms with E-state index in [1.54, 1.807) is 6.07 Å². The summed E-state index contributed by atoms with van der Waals surface area (Å²) in [7, 11) is 4.11. The molecular formula is C15H26FN3. The predicted octanol–water partition coefficient (Wildman–Crippen LogP) is 2.32. The van der Waals surface area contributed by atoms with Gasteiger partial charge in [0.05, 0.1) is 0 Å². The maximum absolute atomic E-state index is 13.8. The number of rotatable bonds is 7. The number of benzene rings is 1. The second kappa shape index (κ2) is 6.98. The van der Waals surface area contributed by atoms with Crippen molar-refractivity contribution in [2.75, 3.05) is 14.1 Å². The maximum Gasteiger partial charge on any atom is 0.126 e. The summed E-state index contributed by atoms with van der Waals surface area (Å²) in [6, 6.07) is 6.90. The van der Waals surface area contributed by atoms with Crippen molar-refractivity contribution in [2.24, 2.45) is 5.84 Å². The number of hydrazine groups is 1. The third kappa shape index (κ3) is 3.32. The average molecular weight is 267 g/mol. The van der Waals surface area contributed by atoms with Gasteiger partial charge < -0.3 is 4.90 Å². The fraction of sp³-hybridized carbons (Fsp3) is 0.600. The van der Waals surface area contributed by atoms with E-state index in [1.165, 1.54) is 6.07 Å². The maximum atomic E-state index is 13.8. The molecule has 1 aromatic rings. The smallest absolute Gasteiger partial charge is 0.126 e. The van der Waals surface area contributed by atoms with Crippen LogP contribution >= 0.6 is 0 Å². The van der Waals surface area contributed by atoms with Crippen LogP contribution in [-0.2, 0) is 6.42 Å². The minimum Gasteiger partial charge on any atom is -0.302 e. The third-order valence-electron chi connectivity index (χ3n) is 4.35. The summed E-state index contributed by atoms with van der Waals surface area (Å²) in [6.45, 7) is 4.30. The zero-order valence-electron chi connectivity index (χ0n) is 12.4. The van der Waals surface area contributed by atoms with Crippen LogP contribution in [0.3, 0.4) is 0 Å². The third-order valence-corrected chi connectivity index (χ3v) is 4.35. The highest BCUT2D eigenvalue weighted by Gasteiger charge is 2.37. The van der Waals surface area contributed by atoms with Crippen LogP contribution in [0.1, 0.15) is 32.3 Å². The lowest BCUT2D eigenvalue weighted by molar-refractivity contribution is 0.0878. The number of hydrogen-bond donors (Lipinski definition) is 2. The summed E-state index contributed by atoms with van der Waals surface area (Å²) < 4.78 is 13.8. The quantitative estimate of drug-likeness (QED) is 0.588. The van der Waals surface area contributed by atoms with Gasteiger partial charge in [-0.25, -0.2) is 4.39 Å². The standard InChI is InChI=1S/C15H26FN3/c1-5-15(6-2,19(3)4)14(18-17)11-12-9-7-8-10-13(12)16/h7-10,14,18H,5-6,11,17H2,1-4H3. The molecule has 0 saturated carbocycles. The number of halogens is 1. The summed E-state index contributed by atoms with van der Waals surface area (Å²) in [5.74, 6) is 5.58. The number of nitrogens with zero attached hydrogens (tertiary/aromatic N) is 1. The molecule has 0 heterocycles. The van der Waals surface area contributed by atoms with Gasteiger partial charge in [-0.2, -0.15) is 0 Å². The van der Waals surface area contributed by atoms with E-state index in [0.717, 1.165) is 12.8 Å². The summed E-state index contributed by atoms with van der Waals surface area (Å²) in [6.07, 6.45) is 2.50. The number of hydrogen-bond acceptors (Lipinski definition) is 3. The van der Waals surface area contributed by atoms with E-state index in [9.17, 15) is 4.39 Å². The molecule has 3 nitrogen and oxygen atoms in total. The Bertz CT molecular complexity index is 389. The van der Waals surface area contributed by atoms with Crippen molar-refractivity contribution in [3.05, 3.63) is 35.6 Å². The molecule has 3 N–H and O–H groups in total. The lowest BCUT2D eigenvalue weighted by atomic mass is 9.80. The first-order valence-electron chi connectivity index (χ1n) is 6.88. The first-order valence-corrected chi connectivity index (χ1v) is 6.88. The molecule has 4 heteroatoms. The largest absolute Gasteiger partial charge is 0.302 e. The molecule has 0 aliphatic heterocycles. The normalized spacial score (nSPS) is 13.8. The minimum absolute atomic E-state index is 0.00870. The van der Waals surface area contributed by atoms with Crippen LogP contribution in [0, 0.1) is 5.82 Å². The van der Waals surface area contributed by atoms with Gasteiger partial charge in [-0.3, -0.25) is 11.3 Å². The van der Waals surface area contributed by atoms with Crippen molar-refractivity contribution in [1.82, 2.24) is 10.3 Å². The Kier molecular flexibility index (Phi) is 5.91. The molecule has 0 amide bonds. The van der Waals surface area contributed by atoms with Gasteiger partial charge in [-0.15, -0.1) is 0 Å². The van der Waals surface area contributed by atoms with Gasteiger partial charge in [0.2, 0.25) is 0 Å². The summed E-state index contributed by atoms with van der Waals surface area (Å²) >= 11 is 0. The number of nitrogens with two attached hydrogens (primary N) is 1. The first-order chi connectivity index (χ1) is 9.01. The van der Waals surface area contributed by atoms with E-state index in [2.05, 4.69) is 38.3 Å². The van der Waals surface area contributed by atoms with Crippen molar-refractivity contribution >= 4 is 0 Å². The van der Waals surface area contributed by atoms with Gasteiger partial charge in [0.25, 0.3) is 0 Å². The molecular weight excluding hydrogens is 241 g/mol. The van der Waals surface area contributed by atoms with Crippen LogP contribution in [0.2, 0.25) is 0 Å². The molecule has 108 valence electrons. The van der Waals surface area contributed by atoms with Crippen molar-refractivity contribution in [3.63, 3.8) is 0 Å². The van der Waals surface area contributed by atoms with E-state index in [0.29, 0.717) is 12.0 Å². The van der Waals surface area contributed by atoms with Crippen molar-refractivity contribution in [1.29, 1.82) is 0 Å². The Hall–Kier alpha value is -0.970. The lowest BCUT2D eigenvalue weighted by Gasteiger charge is -2.45. The van der Waals surface area contributed by atoms with E-state index in [-0.39, 0.29) is 17.4 Å². The van der Waals surface area contributed by atoms with E-state index < -0.39 is 0 Å². The zero-order valence-corrected chi connectivity index (χ0v) is 12.4. The molecule has 0 saturated heterocycles. The van der Waals surface area contributed by atoms with Crippen molar-refractivity contribution in [3.8, 4) is 0 Å². The van der Waals surface area contributed by atoms with Crippen LogP contribution < -0.4 is 11.3 Å². The van der Waals surface area contributed by atoms with Crippen LogP contribution in [0.5, 0.6) is 0 Å². The molecule has 0 bridgehead atoms. The van der Waals surface area contributed by atoms with Gasteiger partial charge in [-0.05, 0) is 45.0 Å². The second-order valence-corrected chi connectivity index (χ2v) is 5.22. The molecule has 0 fully saturated rings. The molecule has 0 aliphatic carbocycles. The van der Waals surface area contributed by atoms with Crippen LogP contribution in [0.15, 0.2) is 24.3 Å². The van der Waals surface area contributed by atoms with Crippen molar-refractivity contribution in [2.45, 2.75) is 44.7 Å². The topological polar surface area (TPSA) is 41.3 Å². The van der Waals surface area contributed by atoms with E-state index in [4.69, 9.17) is 5.84 Å². The van der Waals surface area contributed by atoms with E-state index >= 15 is 0 Å². The Morgan fingerprint density at radius 1 is 1.26 bits per heavy atom. The molecule has 19 heavy (non-hydrogen) atoms. The molecule has 1 rings (SSSR count). The highest BCUT2D eigenvalue weighted by atomic mass is 19.1. The first kappa shape index (κ1) is 16.1. The van der Waals surface area contributed by atoms with Gasteiger partial charge in [0.15, 0.2) is 0 Å². The number of nitrogens with one attached hydrogen (secondary N) is 1. The molecule has 1 atom stereocenters. The Morgan fingerprint density at radius 3 is 2.26 bits per heavy atom. The molecule has 0 radical (unpaired) electrons. The second-order valence-electron chi connectivity index (χ2n) is 5.22. The predicted molar refractivity (Wildman–Crippen MR) is 78.2 cm³/mol. The van der Waals surface area contributed by atoms with Gasteiger partial charge in [-0.1, -0.05) is 32.0 Å². The van der Waals surface area contributed by atoms with Crippen LogP contribution in [0.4, 0.5) is 4.39 Å². The Balaban J connectivity index is 3.02. The Labute approximate surface area is 116 Å². The lowest BCUT2D eigenvalue weighted by Crippen LogP contribution is -2.61. The molecule has 0 spiro atoms. The van der Waals surface area contributed by atoms with Gasteiger partial charge in [0, 0.05) is 11.6 Å². The van der Waals surface area contributed by atoms with Crippen LogP contribution in [-0.4, -0.2) is 30.6 Å². The Morgan fingerprint density at radius 2 is 1.84 bits per heavy atom. The molecule has 1 unspecified atom stereocenters. The number of likely N-dealkylation sites (N-methyl/N-ethyl adjacent to an activating group) is 1.